The number of carboxylic acid groups (broad SMARTS) is 1. The van der Waals surface area contributed by atoms with Crippen molar-refractivity contribution in [2.45, 2.75) is 6.04 Å². The molecule has 0 aliphatic rings. The molecule has 0 aromatic carbocycles. The second-order valence-corrected chi connectivity index (χ2v) is 4.04. The first-order valence-corrected chi connectivity index (χ1v) is 5.87. The predicted octanol–water partition coefficient (Wildman–Crippen LogP) is -0.857. The number of urea groups is 1. The maximum atomic E-state index is 11.2. The molecule has 96 valence electrons. The van der Waals surface area contributed by atoms with Crippen LogP contribution in [0.4, 0.5) is 4.79 Å². The third-order valence-corrected chi connectivity index (χ3v) is 2.57. The van der Waals surface area contributed by atoms with Crippen LogP contribution >= 0.6 is 11.8 Å². The lowest BCUT2D eigenvalue weighted by Gasteiger charge is -2.06. The van der Waals surface area contributed by atoms with Crippen molar-refractivity contribution in [1.82, 2.24) is 10.6 Å². The van der Waals surface area contributed by atoms with Crippen LogP contribution in [0.3, 0.4) is 0 Å². The van der Waals surface area contributed by atoms with Crippen LogP contribution in [0.1, 0.15) is 0 Å². The van der Waals surface area contributed by atoms with Crippen LogP contribution in [-0.2, 0) is 9.59 Å². The molecular weight excluding hydrogens is 246 g/mol. The van der Waals surface area contributed by atoms with Crippen LogP contribution in [0.15, 0.2) is 12.7 Å². The Hall–Kier alpha value is -1.54. The van der Waals surface area contributed by atoms with Gasteiger partial charge in [0.2, 0.25) is 5.91 Å². The maximum Gasteiger partial charge on any atom is 0.321 e. The van der Waals surface area contributed by atoms with Crippen molar-refractivity contribution in [2.75, 3.05) is 18.1 Å². The Morgan fingerprint density at radius 3 is 2.65 bits per heavy atom. The summed E-state index contributed by atoms with van der Waals surface area (Å²) in [5.41, 5.74) is 5.23. The first kappa shape index (κ1) is 15.5. The standard InChI is InChI=1S/C9H15N3O4S/c1-2-3-11-9(16)12-7(13)5-17-4-6(10)8(14)15/h2,6H,1,3-5,10H2,(H,14,15)(H2,11,12,13,16)/t6-/m0/s1. The number of carbonyl (C=O) groups excluding carboxylic acids is 2. The normalized spacial score (nSPS) is 11.4. The Bertz CT molecular complexity index is 309. The Balaban J connectivity index is 3.69. The first-order chi connectivity index (χ1) is 7.97. The molecule has 7 nitrogen and oxygen atoms in total. The third kappa shape index (κ3) is 8.29. The van der Waals surface area contributed by atoms with Gasteiger partial charge in [-0.1, -0.05) is 6.08 Å². The van der Waals surface area contributed by atoms with Gasteiger partial charge in [-0.05, 0) is 0 Å². The number of aliphatic carboxylic acids is 1. The zero-order valence-electron chi connectivity index (χ0n) is 9.14. The summed E-state index contributed by atoms with van der Waals surface area (Å²) in [5, 5.41) is 12.9. The molecule has 0 bridgehead atoms. The number of amides is 3. The van der Waals surface area contributed by atoms with Gasteiger partial charge < -0.3 is 16.2 Å². The van der Waals surface area contributed by atoms with Gasteiger partial charge in [-0.25, -0.2) is 4.79 Å². The van der Waals surface area contributed by atoms with Crippen molar-refractivity contribution in [2.24, 2.45) is 5.73 Å². The lowest BCUT2D eigenvalue weighted by atomic mass is 10.4. The highest BCUT2D eigenvalue weighted by Crippen LogP contribution is 2.01. The molecular formula is C9H15N3O4S. The van der Waals surface area contributed by atoms with E-state index < -0.39 is 23.9 Å². The van der Waals surface area contributed by atoms with Crippen LogP contribution in [0.2, 0.25) is 0 Å². The van der Waals surface area contributed by atoms with E-state index in [0.29, 0.717) is 0 Å². The predicted molar refractivity (Wildman–Crippen MR) is 64.7 cm³/mol. The van der Waals surface area contributed by atoms with E-state index in [2.05, 4.69) is 17.2 Å². The van der Waals surface area contributed by atoms with Gasteiger partial charge in [-0.15, -0.1) is 18.3 Å². The van der Waals surface area contributed by atoms with Gasteiger partial charge in [0.15, 0.2) is 0 Å². The fourth-order valence-electron chi connectivity index (χ4n) is 0.722. The number of nitrogens with one attached hydrogen (secondary N) is 2. The van der Waals surface area contributed by atoms with E-state index in [0.717, 1.165) is 11.8 Å². The lowest BCUT2D eigenvalue weighted by Crippen LogP contribution is -2.40. The molecule has 0 heterocycles. The third-order valence-electron chi connectivity index (χ3n) is 1.51. The zero-order valence-corrected chi connectivity index (χ0v) is 9.96. The van der Waals surface area contributed by atoms with Crippen LogP contribution < -0.4 is 16.4 Å². The summed E-state index contributed by atoms with van der Waals surface area (Å²) in [5.74, 6) is -1.55. The molecule has 0 fully saturated rings. The van der Waals surface area contributed by atoms with E-state index in [1.165, 1.54) is 6.08 Å². The number of rotatable bonds is 7. The molecule has 0 aliphatic heterocycles. The minimum atomic E-state index is -1.12. The van der Waals surface area contributed by atoms with Crippen molar-refractivity contribution in [3.05, 3.63) is 12.7 Å². The quantitative estimate of drug-likeness (QED) is 0.443. The molecule has 0 aromatic rings. The van der Waals surface area contributed by atoms with Crippen molar-refractivity contribution in [3.63, 3.8) is 0 Å². The first-order valence-electron chi connectivity index (χ1n) is 4.72. The molecule has 0 saturated carbocycles. The summed E-state index contributed by atoms with van der Waals surface area (Å²) >= 11 is 1.05. The highest BCUT2D eigenvalue weighted by atomic mass is 32.2. The summed E-state index contributed by atoms with van der Waals surface area (Å²) in [6, 6.07) is -1.62. The van der Waals surface area contributed by atoms with E-state index in [4.69, 9.17) is 10.8 Å². The van der Waals surface area contributed by atoms with E-state index in [9.17, 15) is 14.4 Å². The SMILES string of the molecule is C=CCNC(=O)NC(=O)CSC[C@H](N)C(=O)O. The molecule has 0 spiro atoms. The summed E-state index contributed by atoms with van der Waals surface area (Å²) in [6.45, 7) is 3.66. The van der Waals surface area contributed by atoms with Crippen LogP contribution in [0.25, 0.3) is 0 Å². The molecule has 0 saturated heterocycles. The van der Waals surface area contributed by atoms with E-state index in [1.807, 2.05) is 0 Å². The Morgan fingerprint density at radius 1 is 1.47 bits per heavy atom. The summed E-state index contributed by atoms with van der Waals surface area (Å²) in [7, 11) is 0. The van der Waals surface area contributed by atoms with E-state index in [-0.39, 0.29) is 18.1 Å². The van der Waals surface area contributed by atoms with Gasteiger partial charge in [0.05, 0.1) is 5.75 Å². The second kappa shape index (κ2) is 8.59. The highest BCUT2D eigenvalue weighted by Gasteiger charge is 2.13. The van der Waals surface area contributed by atoms with Gasteiger partial charge >= 0.3 is 12.0 Å². The zero-order chi connectivity index (χ0) is 13.3. The molecule has 0 radical (unpaired) electrons. The fourth-order valence-corrected chi connectivity index (χ4v) is 1.49. The molecule has 17 heavy (non-hydrogen) atoms. The Labute approximate surface area is 103 Å². The number of imide groups is 1. The monoisotopic (exact) mass is 261 g/mol. The minimum Gasteiger partial charge on any atom is -0.480 e. The fraction of sp³-hybridized carbons (Fsp3) is 0.444. The number of hydrogen-bond donors (Lipinski definition) is 4. The van der Waals surface area contributed by atoms with E-state index in [1.54, 1.807) is 0 Å². The van der Waals surface area contributed by atoms with Crippen molar-refractivity contribution < 1.29 is 19.5 Å². The topological polar surface area (TPSA) is 122 Å². The average molecular weight is 261 g/mol. The van der Waals surface area contributed by atoms with Gasteiger partial charge in [-0.3, -0.25) is 14.9 Å². The number of carboxylic acids is 1. The second-order valence-electron chi connectivity index (χ2n) is 3.01. The van der Waals surface area contributed by atoms with Crippen LogP contribution in [0, 0.1) is 0 Å². The minimum absolute atomic E-state index is 0.0253. The summed E-state index contributed by atoms with van der Waals surface area (Å²) in [4.78, 5) is 32.5. The van der Waals surface area contributed by atoms with Gasteiger partial charge in [0.25, 0.3) is 0 Å². The molecule has 1 atom stereocenters. The summed E-state index contributed by atoms with van der Waals surface area (Å²) < 4.78 is 0. The smallest absolute Gasteiger partial charge is 0.321 e. The molecule has 3 amide bonds. The molecule has 0 aromatic heterocycles. The van der Waals surface area contributed by atoms with E-state index >= 15 is 0 Å². The summed E-state index contributed by atoms with van der Waals surface area (Å²) in [6.07, 6.45) is 1.48. The van der Waals surface area contributed by atoms with Gasteiger partial charge in [-0.2, -0.15) is 0 Å². The maximum absolute atomic E-state index is 11.2. The highest BCUT2D eigenvalue weighted by molar-refractivity contribution is 8.00. The lowest BCUT2D eigenvalue weighted by molar-refractivity contribution is -0.138. The van der Waals surface area contributed by atoms with Gasteiger partial charge in [0, 0.05) is 12.3 Å². The van der Waals surface area contributed by atoms with Crippen molar-refractivity contribution in [3.8, 4) is 0 Å². The van der Waals surface area contributed by atoms with Crippen molar-refractivity contribution >= 4 is 29.7 Å². The molecule has 0 rings (SSSR count). The largest absolute Gasteiger partial charge is 0.480 e. The van der Waals surface area contributed by atoms with Crippen LogP contribution in [-0.4, -0.2) is 47.1 Å². The molecule has 0 unspecified atom stereocenters. The van der Waals surface area contributed by atoms with Crippen molar-refractivity contribution in [1.29, 1.82) is 0 Å². The van der Waals surface area contributed by atoms with Crippen LogP contribution in [0.5, 0.6) is 0 Å². The average Bonchev–Trinajstić information content (AvgIpc) is 2.25. The van der Waals surface area contributed by atoms with Gasteiger partial charge in [0.1, 0.15) is 6.04 Å². The number of hydrogen-bond acceptors (Lipinski definition) is 5. The number of thioether (sulfide) groups is 1. The number of carbonyl (C=O) groups is 3. The Morgan fingerprint density at radius 2 is 2.12 bits per heavy atom. The molecule has 8 heteroatoms. The molecule has 5 N–H and O–H groups in total. The molecule has 0 aliphatic carbocycles. The Kier molecular flexibility index (Phi) is 7.82. The number of nitrogens with two attached hydrogens (primary N) is 1.